The number of hydrogen-bond acceptors (Lipinski definition) is 2. The van der Waals surface area contributed by atoms with Crippen LogP contribution in [-0.2, 0) is 9.59 Å². The van der Waals surface area contributed by atoms with Crippen LogP contribution < -0.4 is 0 Å². The molecule has 166 valence electrons. The Morgan fingerprint density at radius 1 is 0.607 bits per heavy atom. The topological polar surface area (TPSA) is 74.6 Å². The first-order valence-electron chi connectivity index (χ1n) is 11.9. The van der Waals surface area contributed by atoms with Crippen molar-refractivity contribution in [3.63, 3.8) is 0 Å². The zero-order valence-corrected chi connectivity index (χ0v) is 18.8. The van der Waals surface area contributed by atoms with E-state index in [0.29, 0.717) is 6.42 Å². The summed E-state index contributed by atoms with van der Waals surface area (Å²) < 4.78 is 0. The van der Waals surface area contributed by atoms with E-state index in [1.165, 1.54) is 64.2 Å². The van der Waals surface area contributed by atoms with E-state index >= 15 is 0 Å². The summed E-state index contributed by atoms with van der Waals surface area (Å²) in [6, 6.07) is 0. The number of hydrogen-bond donors (Lipinski definition) is 2. The van der Waals surface area contributed by atoms with E-state index in [1.807, 2.05) is 0 Å². The molecule has 0 saturated carbocycles. The van der Waals surface area contributed by atoms with Gasteiger partial charge in [0.15, 0.2) is 5.92 Å². The van der Waals surface area contributed by atoms with Crippen LogP contribution in [0.15, 0.2) is 0 Å². The van der Waals surface area contributed by atoms with Crippen LogP contribution in [-0.4, -0.2) is 22.2 Å². The van der Waals surface area contributed by atoms with Crippen molar-refractivity contribution in [1.29, 1.82) is 0 Å². The summed E-state index contributed by atoms with van der Waals surface area (Å²) in [7, 11) is 0. The van der Waals surface area contributed by atoms with Gasteiger partial charge in [0.05, 0.1) is 0 Å². The molecule has 0 saturated heterocycles. The van der Waals surface area contributed by atoms with Crippen molar-refractivity contribution >= 4 is 11.9 Å². The van der Waals surface area contributed by atoms with Gasteiger partial charge in [-0.25, -0.2) is 0 Å². The van der Waals surface area contributed by atoms with Crippen molar-refractivity contribution in [2.24, 2.45) is 17.8 Å². The number of unbranched alkanes of at least 4 members (excludes halogenated alkanes) is 9. The largest absolute Gasteiger partial charge is 0.481 e. The Kier molecular flexibility index (Phi) is 17.3. The number of carbonyl (C=O) groups is 2. The van der Waals surface area contributed by atoms with Crippen LogP contribution in [0, 0.1) is 17.8 Å². The number of rotatable bonds is 20. The summed E-state index contributed by atoms with van der Waals surface area (Å²) in [6.07, 6.45) is 18.5. The molecular weight excluding hydrogens is 352 g/mol. The lowest BCUT2D eigenvalue weighted by Gasteiger charge is -2.20. The molecule has 0 radical (unpaired) electrons. The molecule has 2 unspecified atom stereocenters. The van der Waals surface area contributed by atoms with Gasteiger partial charge in [-0.2, -0.15) is 0 Å². The van der Waals surface area contributed by atoms with Crippen molar-refractivity contribution in [1.82, 2.24) is 0 Å². The Labute approximate surface area is 173 Å². The van der Waals surface area contributed by atoms with Crippen LogP contribution >= 0.6 is 0 Å². The molecule has 4 nitrogen and oxygen atoms in total. The molecule has 0 aliphatic rings. The maximum atomic E-state index is 11.3. The standard InChI is InChI=1S/C24H46O4/c1-4-6-16-20(3)17-14-12-10-8-9-11-13-15-19-21(18-7-5-2)22(23(25)26)24(27)28/h20-22H,4-19H2,1-3H3,(H,25,26)(H,27,28). The van der Waals surface area contributed by atoms with Gasteiger partial charge in [0.2, 0.25) is 0 Å². The molecule has 0 spiro atoms. The molecule has 0 aliphatic heterocycles. The van der Waals surface area contributed by atoms with E-state index in [-0.39, 0.29) is 5.92 Å². The lowest BCUT2D eigenvalue weighted by Crippen LogP contribution is -2.31. The highest BCUT2D eigenvalue weighted by atomic mass is 16.4. The van der Waals surface area contributed by atoms with E-state index in [1.54, 1.807) is 0 Å². The van der Waals surface area contributed by atoms with Gasteiger partial charge in [-0.3, -0.25) is 9.59 Å². The van der Waals surface area contributed by atoms with Crippen molar-refractivity contribution in [3.05, 3.63) is 0 Å². The zero-order valence-electron chi connectivity index (χ0n) is 18.8. The van der Waals surface area contributed by atoms with Crippen molar-refractivity contribution < 1.29 is 19.8 Å². The summed E-state index contributed by atoms with van der Waals surface area (Å²) >= 11 is 0. The second-order valence-corrected chi connectivity index (χ2v) is 8.71. The Morgan fingerprint density at radius 2 is 0.964 bits per heavy atom. The van der Waals surface area contributed by atoms with Gasteiger partial charge in [-0.15, -0.1) is 0 Å². The molecule has 0 aromatic carbocycles. The molecule has 0 amide bonds. The minimum atomic E-state index is -1.24. The molecule has 28 heavy (non-hydrogen) atoms. The summed E-state index contributed by atoms with van der Waals surface area (Å²) in [5.41, 5.74) is 0. The lowest BCUT2D eigenvalue weighted by atomic mass is 9.83. The SMILES string of the molecule is CCCCC(C)CCCCCCCCCCC(CCCC)C(C(=O)O)C(=O)O. The number of aliphatic carboxylic acids is 2. The van der Waals surface area contributed by atoms with E-state index in [0.717, 1.165) is 38.0 Å². The predicted octanol–water partition coefficient (Wildman–Crippen LogP) is 7.31. The van der Waals surface area contributed by atoms with Crippen LogP contribution in [0.1, 0.15) is 124 Å². The Balaban J connectivity index is 3.82. The molecule has 0 aromatic heterocycles. The van der Waals surface area contributed by atoms with Gasteiger partial charge in [-0.05, 0) is 24.7 Å². The fourth-order valence-electron chi connectivity index (χ4n) is 4.11. The van der Waals surface area contributed by atoms with Gasteiger partial charge in [0, 0.05) is 0 Å². The average Bonchev–Trinajstić information content (AvgIpc) is 2.64. The quantitative estimate of drug-likeness (QED) is 0.166. The van der Waals surface area contributed by atoms with Crippen LogP contribution in [0.3, 0.4) is 0 Å². The normalized spacial score (nSPS) is 13.6. The van der Waals surface area contributed by atoms with E-state index < -0.39 is 17.9 Å². The zero-order chi connectivity index (χ0) is 21.2. The minimum absolute atomic E-state index is 0.232. The van der Waals surface area contributed by atoms with Gasteiger partial charge >= 0.3 is 11.9 Å². The molecule has 2 atom stereocenters. The second-order valence-electron chi connectivity index (χ2n) is 8.71. The van der Waals surface area contributed by atoms with Crippen molar-refractivity contribution in [2.75, 3.05) is 0 Å². The smallest absolute Gasteiger partial charge is 0.318 e. The first-order valence-corrected chi connectivity index (χ1v) is 11.9. The molecule has 0 aromatic rings. The van der Waals surface area contributed by atoms with Crippen LogP contribution in [0.4, 0.5) is 0 Å². The van der Waals surface area contributed by atoms with Crippen LogP contribution in [0.25, 0.3) is 0 Å². The number of carboxylic acids is 2. The fraction of sp³-hybridized carbons (Fsp3) is 0.917. The molecule has 2 N–H and O–H groups in total. The highest BCUT2D eigenvalue weighted by Crippen LogP contribution is 2.26. The molecule has 0 heterocycles. The molecule has 0 fully saturated rings. The summed E-state index contributed by atoms with van der Waals surface area (Å²) in [5.74, 6) is -2.97. The maximum absolute atomic E-state index is 11.3. The third-order valence-corrected chi connectivity index (χ3v) is 6.00. The first kappa shape index (κ1) is 26.9. The molecule has 4 heteroatoms. The van der Waals surface area contributed by atoms with Crippen LogP contribution in [0.5, 0.6) is 0 Å². The Bertz CT molecular complexity index is 380. The summed E-state index contributed by atoms with van der Waals surface area (Å²) in [5, 5.41) is 18.5. The highest BCUT2D eigenvalue weighted by Gasteiger charge is 2.33. The third-order valence-electron chi connectivity index (χ3n) is 6.00. The molecule has 0 bridgehead atoms. The van der Waals surface area contributed by atoms with E-state index in [2.05, 4.69) is 20.8 Å². The average molecular weight is 399 g/mol. The second kappa shape index (κ2) is 18.0. The fourth-order valence-corrected chi connectivity index (χ4v) is 4.11. The first-order chi connectivity index (χ1) is 13.4. The molecule has 0 rings (SSSR count). The summed E-state index contributed by atoms with van der Waals surface area (Å²) in [6.45, 7) is 6.69. The van der Waals surface area contributed by atoms with Crippen molar-refractivity contribution in [2.45, 2.75) is 124 Å². The predicted molar refractivity (Wildman–Crippen MR) is 117 cm³/mol. The third kappa shape index (κ3) is 14.0. The van der Waals surface area contributed by atoms with Gasteiger partial charge < -0.3 is 10.2 Å². The van der Waals surface area contributed by atoms with Gasteiger partial charge in [0.1, 0.15) is 0 Å². The number of carboxylic acid groups (broad SMARTS) is 2. The van der Waals surface area contributed by atoms with Gasteiger partial charge in [-0.1, -0.05) is 111 Å². The van der Waals surface area contributed by atoms with Crippen LogP contribution in [0.2, 0.25) is 0 Å². The maximum Gasteiger partial charge on any atom is 0.318 e. The minimum Gasteiger partial charge on any atom is -0.481 e. The molecule has 0 aliphatic carbocycles. The highest BCUT2D eigenvalue weighted by molar-refractivity contribution is 5.93. The lowest BCUT2D eigenvalue weighted by molar-refractivity contribution is -0.157. The monoisotopic (exact) mass is 398 g/mol. The Morgan fingerprint density at radius 3 is 1.43 bits per heavy atom. The molecular formula is C24H46O4. The van der Waals surface area contributed by atoms with Crippen molar-refractivity contribution in [3.8, 4) is 0 Å². The van der Waals surface area contributed by atoms with E-state index in [9.17, 15) is 19.8 Å². The summed E-state index contributed by atoms with van der Waals surface area (Å²) in [4.78, 5) is 22.6. The van der Waals surface area contributed by atoms with E-state index in [4.69, 9.17) is 0 Å². The van der Waals surface area contributed by atoms with Gasteiger partial charge in [0.25, 0.3) is 0 Å². The Hall–Kier alpha value is -1.06.